The molecule has 0 bridgehead atoms. The molecular weight excluding hydrogens is 320 g/mol. The standard InChI is InChI=1S/C14H14N4O6/c1-3-24-8-4-5-10(11(6-8)18(22)23)15-13(19)12-9(14(20)21)7-17(2)16-12/h4-7H,3H2,1-2H3,(H,15,19)(H,20,21). The highest BCUT2D eigenvalue weighted by Gasteiger charge is 2.24. The van der Waals surface area contributed by atoms with Crippen molar-refractivity contribution in [2.75, 3.05) is 11.9 Å². The first-order valence-corrected chi connectivity index (χ1v) is 6.83. The Morgan fingerprint density at radius 2 is 2.17 bits per heavy atom. The largest absolute Gasteiger partial charge is 0.494 e. The molecule has 24 heavy (non-hydrogen) atoms. The fraction of sp³-hybridized carbons (Fsp3) is 0.214. The topological polar surface area (TPSA) is 137 Å². The number of ether oxygens (including phenoxy) is 1. The van der Waals surface area contributed by atoms with E-state index in [1.54, 1.807) is 6.92 Å². The van der Waals surface area contributed by atoms with Gasteiger partial charge in [0, 0.05) is 13.2 Å². The number of nitro groups is 1. The third-order valence-corrected chi connectivity index (χ3v) is 3.00. The minimum atomic E-state index is -1.32. The molecule has 0 atom stereocenters. The summed E-state index contributed by atoms with van der Waals surface area (Å²) in [5.74, 6) is -1.90. The molecule has 0 fully saturated rings. The number of benzene rings is 1. The van der Waals surface area contributed by atoms with Crippen molar-refractivity contribution in [2.45, 2.75) is 6.92 Å². The lowest BCUT2D eigenvalue weighted by Gasteiger charge is -2.07. The van der Waals surface area contributed by atoms with E-state index in [0.29, 0.717) is 6.61 Å². The maximum absolute atomic E-state index is 12.2. The van der Waals surface area contributed by atoms with Crippen LogP contribution >= 0.6 is 0 Å². The van der Waals surface area contributed by atoms with Crippen LogP contribution in [0.2, 0.25) is 0 Å². The molecule has 1 aromatic carbocycles. The highest BCUT2D eigenvalue weighted by atomic mass is 16.6. The van der Waals surface area contributed by atoms with Crippen molar-refractivity contribution in [1.29, 1.82) is 0 Å². The summed E-state index contributed by atoms with van der Waals surface area (Å²) in [6.07, 6.45) is 1.17. The summed E-state index contributed by atoms with van der Waals surface area (Å²) < 4.78 is 6.36. The number of carbonyl (C=O) groups excluding carboxylic acids is 1. The molecule has 0 spiro atoms. The number of nitrogens with zero attached hydrogens (tertiary/aromatic N) is 3. The van der Waals surface area contributed by atoms with Gasteiger partial charge in [0.05, 0.1) is 17.6 Å². The molecule has 0 unspecified atom stereocenters. The molecular formula is C14H14N4O6. The highest BCUT2D eigenvalue weighted by Crippen LogP contribution is 2.29. The van der Waals surface area contributed by atoms with Crippen molar-refractivity contribution in [2.24, 2.45) is 7.05 Å². The van der Waals surface area contributed by atoms with Crippen molar-refractivity contribution in [3.8, 4) is 5.75 Å². The molecule has 1 heterocycles. The van der Waals surface area contributed by atoms with Gasteiger partial charge in [0.2, 0.25) is 0 Å². The first-order valence-electron chi connectivity index (χ1n) is 6.83. The van der Waals surface area contributed by atoms with Gasteiger partial charge in [-0.15, -0.1) is 0 Å². The zero-order chi connectivity index (χ0) is 17.9. The second-order valence-electron chi connectivity index (χ2n) is 4.69. The average Bonchev–Trinajstić information content (AvgIpc) is 2.91. The van der Waals surface area contributed by atoms with Gasteiger partial charge in [0.25, 0.3) is 11.6 Å². The summed E-state index contributed by atoms with van der Waals surface area (Å²) in [4.78, 5) is 33.8. The van der Waals surface area contributed by atoms with Crippen LogP contribution in [-0.4, -0.2) is 38.3 Å². The highest BCUT2D eigenvalue weighted by molar-refractivity contribution is 6.10. The maximum Gasteiger partial charge on any atom is 0.339 e. The number of carboxylic acids is 1. The summed E-state index contributed by atoms with van der Waals surface area (Å²) in [5, 5.41) is 26.3. The lowest BCUT2D eigenvalue weighted by Crippen LogP contribution is -2.17. The lowest BCUT2D eigenvalue weighted by molar-refractivity contribution is -0.384. The number of rotatable bonds is 6. The summed E-state index contributed by atoms with van der Waals surface area (Å²) in [6, 6.07) is 3.95. The van der Waals surface area contributed by atoms with Crippen LogP contribution in [-0.2, 0) is 7.05 Å². The summed E-state index contributed by atoms with van der Waals surface area (Å²) in [5.41, 5.74) is -1.10. The Labute approximate surface area is 135 Å². The van der Waals surface area contributed by atoms with E-state index in [-0.39, 0.29) is 28.4 Å². The van der Waals surface area contributed by atoms with E-state index in [4.69, 9.17) is 9.84 Å². The molecule has 10 heteroatoms. The van der Waals surface area contributed by atoms with E-state index in [2.05, 4.69) is 10.4 Å². The molecule has 2 aromatic rings. The Morgan fingerprint density at radius 1 is 1.46 bits per heavy atom. The number of hydrogen-bond acceptors (Lipinski definition) is 6. The third-order valence-electron chi connectivity index (χ3n) is 3.00. The van der Waals surface area contributed by atoms with Gasteiger partial charge in [-0.3, -0.25) is 19.6 Å². The Bertz CT molecular complexity index is 814. The first kappa shape index (κ1) is 16.9. The quantitative estimate of drug-likeness (QED) is 0.605. The number of aromatic nitrogens is 2. The monoisotopic (exact) mass is 334 g/mol. The second kappa shape index (κ2) is 6.77. The predicted molar refractivity (Wildman–Crippen MR) is 82.4 cm³/mol. The Hall–Kier alpha value is -3.43. The molecule has 0 aliphatic carbocycles. The van der Waals surface area contributed by atoms with E-state index < -0.39 is 16.8 Å². The van der Waals surface area contributed by atoms with Crippen LogP contribution < -0.4 is 10.1 Å². The normalized spacial score (nSPS) is 10.2. The van der Waals surface area contributed by atoms with Gasteiger partial charge in [-0.1, -0.05) is 0 Å². The molecule has 1 aromatic heterocycles. The van der Waals surface area contributed by atoms with Crippen LogP contribution in [0.3, 0.4) is 0 Å². The molecule has 0 saturated carbocycles. The van der Waals surface area contributed by atoms with Crippen LogP contribution in [0.1, 0.15) is 27.8 Å². The Kier molecular flexibility index (Phi) is 4.78. The molecule has 0 aliphatic heterocycles. The van der Waals surface area contributed by atoms with Crippen LogP contribution in [0.5, 0.6) is 5.75 Å². The van der Waals surface area contributed by atoms with Gasteiger partial charge in [-0.05, 0) is 19.1 Å². The smallest absolute Gasteiger partial charge is 0.339 e. The predicted octanol–water partition coefficient (Wildman–Crippen LogP) is 1.68. The lowest BCUT2D eigenvalue weighted by atomic mass is 10.2. The third kappa shape index (κ3) is 3.48. The van der Waals surface area contributed by atoms with Crippen molar-refractivity contribution in [3.63, 3.8) is 0 Å². The Balaban J connectivity index is 2.35. The zero-order valence-corrected chi connectivity index (χ0v) is 12.8. The van der Waals surface area contributed by atoms with E-state index in [0.717, 1.165) is 0 Å². The minimum Gasteiger partial charge on any atom is -0.494 e. The van der Waals surface area contributed by atoms with Gasteiger partial charge in [0.1, 0.15) is 17.0 Å². The van der Waals surface area contributed by atoms with Crippen LogP contribution in [0.4, 0.5) is 11.4 Å². The van der Waals surface area contributed by atoms with E-state index >= 15 is 0 Å². The molecule has 2 N–H and O–H groups in total. The van der Waals surface area contributed by atoms with E-state index in [9.17, 15) is 19.7 Å². The number of carboxylic acid groups (broad SMARTS) is 1. The van der Waals surface area contributed by atoms with Crippen molar-refractivity contribution in [1.82, 2.24) is 9.78 Å². The summed E-state index contributed by atoms with van der Waals surface area (Å²) >= 11 is 0. The number of aryl methyl sites for hydroxylation is 1. The van der Waals surface area contributed by atoms with Gasteiger partial charge in [0.15, 0.2) is 5.69 Å². The van der Waals surface area contributed by atoms with Gasteiger partial charge in [-0.25, -0.2) is 4.79 Å². The number of hydrogen-bond donors (Lipinski definition) is 2. The Morgan fingerprint density at radius 3 is 2.75 bits per heavy atom. The van der Waals surface area contributed by atoms with Crippen molar-refractivity contribution >= 4 is 23.3 Å². The molecule has 10 nitrogen and oxygen atoms in total. The van der Waals surface area contributed by atoms with Crippen molar-refractivity contribution in [3.05, 3.63) is 45.8 Å². The summed E-state index contributed by atoms with van der Waals surface area (Å²) in [6.45, 7) is 2.06. The van der Waals surface area contributed by atoms with Gasteiger partial charge >= 0.3 is 5.97 Å². The van der Waals surface area contributed by atoms with Crippen LogP contribution in [0, 0.1) is 10.1 Å². The average molecular weight is 334 g/mol. The molecule has 0 radical (unpaired) electrons. The second-order valence-corrected chi connectivity index (χ2v) is 4.69. The number of nitrogens with one attached hydrogen (secondary N) is 1. The van der Waals surface area contributed by atoms with Crippen LogP contribution in [0.15, 0.2) is 24.4 Å². The van der Waals surface area contributed by atoms with Crippen LogP contribution in [0.25, 0.3) is 0 Å². The van der Waals surface area contributed by atoms with Gasteiger partial charge in [-0.2, -0.15) is 5.10 Å². The number of carbonyl (C=O) groups is 2. The first-order chi connectivity index (χ1) is 11.3. The maximum atomic E-state index is 12.2. The molecule has 0 saturated heterocycles. The zero-order valence-electron chi connectivity index (χ0n) is 12.8. The number of aromatic carboxylic acids is 1. The van der Waals surface area contributed by atoms with Gasteiger partial charge < -0.3 is 15.2 Å². The fourth-order valence-electron chi connectivity index (χ4n) is 2.02. The SMILES string of the molecule is CCOc1ccc(NC(=O)c2nn(C)cc2C(=O)O)c([N+](=O)[O-])c1. The van der Waals surface area contributed by atoms with E-state index in [1.165, 1.54) is 36.1 Å². The summed E-state index contributed by atoms with van der Waals surface area (Å²) in [7, 11) is 1.46. The number of nitro benzene ring substituents is 1. The molecule has 126 valence electrons. The molecule has 2 rings (SSSR count). The van der Waals surface area contributed by atoms with E-state index in [1.807, 2.05) is 0 Å². The number of anilines is 1. The number of amides is 1. The fourth-order valence-corrected chi connectivity index (χ4v) is 2.02. The van der Waals surface area contributed by atoms with Crippen molar-refractivity contribution < 1.29 is 24.4 Å². The minimum absolute atomic E-state index is 0.0876. The molecule has 0 aliphatic rings. The molecule has 1 amide bonds.